The average molecular weight is 235 g/mol. The summed E-state index contributed by atoms with van der Waals surface area (Å²) in [5.74, 6) is 0. The number of aryl methyl sites for hydroxylation is 1. The number of benzene rings is 1. The van der Waals surface area contributed by atoms with Crippen LogP contribution in [0.2, 0.25) is 0 Å². The standard InChI is InChI=1S/C15H25NO/c1-12-7-5-6-8-13(12)14(11-16)17-10-9-15(2,3)4/h5-8,14H,9-11,16H2,1-4H3. The number of ether oxygens (including phenoxy) is 1. The van der Waals surface area contributed by atoms with Crippen molar-refractivity contribution in [3.05, 3.63) is 35.4 Å². The van der Waals surface area contributed by atoms with Crippen LogP contribution < -0.4 is 5.73 Å². The van der Waals surface area contributed by atoms with Crippen LogP contribution in [0, 0.1) is 12.3 Å². The summed E-state index contributed by atoms with van der Waals surface area (Å²) >= 11 is 0. The first-order valence-corrected chi connectivity index (χ1v) is 6.31. The van der Waals surface area contributed by atoms with Gasteiger partial charge in [-0.2, -0.15) is 0 Å². The molecule has 17 heavy (non-hydrogen) atoms. The molecule has 1 unspecified atom stereocenters. The highest BCUT2D eigenvalue weighted by Gasteiger charge is 2.15. The molecule has 0 aliphatic rings. The van der Waals surface area contributed by atoms with Crippen LogP contribution in [0.3, 0.4) is 0 Å². The van der Waals surface area contributed by atoms with Gasteiger partial charge >= 0.3 is 0 Å². The predicted octanol–water partition coefficient (Wildman–Crippen LogP) is 3.45. The summed E-state index contributed by atoms with van der Waals surface area (Å²) in [7, 11) is 0. The fourth-order valence-electron chi connectivity index (χ4n) is 1.74. The third-order valence-electron chi connectivity index (χ3n) is 2.92. The van der Waals surface area contributed by atoms with E-state index in [1.165, 1.54) is 11.1 Å². The fourth-order valence-corrected chi connectivity index (χ4v) is 1.74. The summed E-state index contributed by atoms with van der Waals surface area (Å²) in [6.07, 6.45) is 1.08. The van der Waals surface area contributed by atoms with Crippen LogP contribution in [-0.4, -0.2) is 13.2 Å². The zero-order valence-corrected chi connectivity index (χ0v) is 11.5. The Kier molecular flexibility index (Phi) is 5.16. The number of nitrogens with two attached hydrogens (primary N) is 1. The van der Waals surface area contributed by atoms with Crippen LogP contribution in [-0.2, 0) is 4.74 Å². The Morgan fingerprint density at radius 1 is 1.24 bits per heavy atom. The Labute approximate surface area is 105 Å². The molecule has 0 spiro atoms. The Morgan fingerprint density at radius 2 is 1.88 bits per heavy atom. The van der Waals surface area contributed by atoms with Crippen LogP contribution in [0.4, 0.5) is 0 Å². The topological polar surface area (TPSA) is 35.2 Å². The predicted molar refractivity (Wildman–Crippen MR) is 73.0 cm³/mol. The molecule has 1 atom stereocenters. The summed E-state index contributed by atoms with van der Waals surface area (Å²) < 4.78 is 5.91. The second-order valence-electron chi connectivity index (χ2n) is 5.76. The van der Waals surface area contributed by atoms with E-state index in [1.54, 1.807) is 0 Å². The van der Waals surface area contributed by atoms with E-state index in [-0.39, 0.29) is 6.10 Å². The van der Waals surface area contributed by atoms with Gasteiger partial charge in [-0.25, -0.2) is 0 Å². The zero-order chi connectivity index (χ0) is 12.9. The van der Waals surface area contributed by atoms with Gasteiger partial charge in [0.15, 0.2) is 0 Å². The molecule has 2 nitrogen and oxygen atoms in total. The molecule has 0 amide bonds. The second-order valence-corrected chi connectivity index (χ2v) is 5.76. The molecule has 0 saturated heterocycles. The first-order valence-electron chi connectivity index (χ1n) is 6.31. The van der Waals surface area contributed by atoms with Crippen molar-refractivity contribution in [1.82, 2.24) is 0 Å². The van der Waals surface area contributed by atoms with Crippen molar-refractivity contribution in [2.75, 3.05) is 13.2 Å². The third kappa shape index (κ3) is 4.88. The minimum atomic E-state index is 0.0264. The van der Waals surface area contributed by atoms with E-state index in [0.717, 1.165) is 13.0 Å². The maximum absolute atomic E-state index is 5.91. The highest BCUT2D eigenvalue weighted by atomic mass is 16.5. The summed E-state index contributed by atoms with van der Waals surface area (Å²) in [6, 6.07) is 8.29. The molecule has 0 bridgehead atoms. The van der Waals surface area contributed by atoms with E-state index in [1.807, 2.05) is 12.1 Å². The van der Waals surface area contributed by atoms with Gasteiger partial charge in [-0.05, 0) is 29.9 Å². The minimum Gasteiger partial charge on any atom is -0.372 e. The molecule has 96 valence electrons. The van der Waals surface area contributed by atoms with E-state index >= 15 is 0 Å². The molecule has 0 aliphatic heterocycles. The van der Waals surface area contributed by atoms with Gasteiger partial charge < -0.3 is 10.5 Å². The van der Waals surface area contributed by atoms with Crippen LogP contribution in [0.15, 0.2) is 24.3 Å². The Morgan fingerprint density at radius 3 is 2.41 bits per heavy atom. The summed E-state index contributed by atoms with van der Waals surface area (Å²) in [4.78, 5) is 0. The lowest BCUT2D eigenvalue weighted by Gasteiger charge is -2.22. The third-order valence-corrected chi connectivity index (χ3v) is 2.92. The molecule has 0 aliphatic carbocycles. The van der Waals surface area contributed by atoms with Gasteiger partial charge in [0.25, 0.3) is 0 Å². The SMILES string of the molecule is Cc1ccccc1C(CN)OCCC(C)(C)C. The number of hydrogen-bond donors (Lipinski definition) is 1. The van der Waals surface area contributed by atoms with Gasteiger partial charge in [-0.15, -0.1) is 0 Å². The lowest BCUT2D eigenvalue weighted by molar-refractivity contribution is 0.0419. The van der Waals surface area contributed by atoms with E-state index in [4.69, 9.17) is 10.5 Å². The van der Waals surface area contributed by atoms with Crippen molar-refractivity contribution in [2.24, 2.45) is 11.1 Å². The number of rotatable bonds is 5. The van der Waals surface area contributed by atoms with E-state index in [0.29, 0.717) is 12.0 Å². The van der Waals surface area contributed by atoms with E-state index < -0.39 is 0 Å². The van der Waals surface area contributed by atoms with Gasteiger partial charge in [0.2, 0.25) is 0 Å². The fraction of sp³-hybridized carbons (Fsp3) is 0.600. The molecule has 1 aromatic rings. The molecule has 0 aromatic heterocycles. The van der Waals surface area contributed by atoms with Gasteiger partial charge in [-0.1, -0.05) is 45.0 Å². The molecule has 0 saturated carbocycles. The van der Waals surface area contributed by atoms with E-state index in [9.17, 15) is 0 Å². The highest BCUT2D eigenvalue weighted by Crippen LogP contribution is 2.23. The van der Waals surface area contributed by atoms with Crippen molar-refractivity contribution in [3.63, 3.8) is 0 Å². The largest absolute Gasteiger partial charge is 0.372 e. The van der Waals surface area contributed by atoms with Crippen molar-refractivity contribution in [2.45, 2.75) is 40.2 Å². The molecule has 0 radical (unpaired) electrons. The zero-order valence-electron chi connectivity index (χ0n) is 11.5. The van der Waals surface area contributed by atoms with Crippen molar-refractivity contribution >= 4 is 0 Å². The lowest BCUT2D eigenvalue weighted by atomic mass is 9.93. The lowest BCUT2D eigenvalue weighted by Crippen LogP contribution is -2.19. The van der Waals surface area contributed by atoms with Crippen molar-refractivity contribution in [3.8, 4) is 0 Å². The Hall–Kier alpha value is -0.860. The summed E-state index contributed by atoms with van der Waals surface area (Å²) in [5, 5.41) is 0. The number of hydrogen-bond acceptors (Lipinski definition) is 2. The molecule has 1 aromatic carbocycles. The highest BCUT2D eigenvalue weighted by molar-refractivity contribution is 5.27. The molecular weight excluding hydrogens is 210 g/mol. The summed E-state index contributed by atoms with van der Waals surface area (Å²) in [6.45, 7) is 10.1. The quantitative estimate of drug-likeness (QED) is 0.848. The molecule has 2 heteroatoms. The summed E-state index contributed by atoms with van der Waals surface area (Å²) in [5.41, 5.74) is 8.57. The van der Waals surface area contributed by atoms with Gasteiger partial charge in [-0.3, -0.25) is 0 Å². The monoisotopic (exact) mass is 235 g/mol. The molecule has 0 heterocycles. The van der Waals surface area contributed by atoms with E-state index in [2.05, 4.69) is 39.8 Å². The van der Waals surface area contributed by atoms with Gasteiger partial charge in [0.05, 0.1) is 6.10 Å². The first kappa shape index (κ1) is 14.2. The second kappa shape index (κ2) is 6.18. The van der Waals surface area contributed by atoms with Crippen LogP contribution in [0.1, 0.15) is 44.4 Å². The average Bonchev–Trinajstić information content (AvgIpc) is 2.24. The van der Waals surface area contributed by atoms with Gasteiger partial charge in [0.1, 0.15) is 0 Å². The van der Waals surface area contributed by atoms with Gasteiger partial charge in [0, 0.05) is 13.2 Å². The molecule has 1 rings (SSSR count). The Balaban J connectivity index is 2.58. The minimum absolute atomic E-state index is 0.0264. The maximum Gasteiger partial charge on any atom is 0.0949 e. The molecule has 0 fully saturated rings. The smallest absolute Gasteiger partial charge is 0.0949 e. The van der Waals surface area contributed by atoms with Crippen LogP contribution >= 0.6 is 0 Å². The Bertz CT molecular complexity index is 341. The maximum atomic E-state index is 5.91. The molecule has 2 N–H and O–H groups in total. The van der Waals surface area contributed by atoms with Crippen LogP contribution in [0.25, 0.3) is 0 Å². The molecular formula is C15H25NO. The normalized spacial score (nSPS) is 13.7. The first-order chi connectivity index (χ1) is 7.94. The van der Waals surface area contributed by atoms with Crippen molar-refractivity contribution < 1.29 is 4.74 Å². The van der Waals surface area contributed by atoms with Crippen LogP contribution in [0.5, 0.6) is 0 Å². The van der Waals surface area contributed by atoms with Crippen molar-refractivity contribution in [1.29, 1.82) is 0 Å².